The highest BCUT2D eigenvalue weighted by molar-refractivity contribution is 8.01. The van der Waals surface area contributed by atoms with Crippen molar-refractivity contribution in [3.05, 3.63) is 54.0 Å². The molecule has 3 aromatic rings. The Morgan fingerprint density at radius 2 is 2.00 bits per heavy atom. The van der Waals surface area contributed by atoms with Crippen LogP contribution >= 0.6 is 23.1 Å². The first-order valence-electron chi connectivity index (χ1n) is 8.79. The lowest BCUT2D eigenvalue weighted by molar-refractivity contribution is -0.116. The zero-order chi connectivity index (χ0) is 19.8. The van der Waals surface area contributed by atoms with Crippen molar-refractivity contribution >= 4 is 45.6 Å². The van der Waals surface area contributed by atoms with E-state index in [-0.39, 0.29) is 17.4 Å². The molecule has 146 valence electrons. The maximum Gasteiger partial charge on any atom is 0.224 e. The number of anilines is 2. The van der Waals surface area contributed by atoms with E-state index >= 15 is 0 Å². The van der Waals surface area contributed by atoms with Gasteiger partial charge in [-0.05, 0) is 42.8 Å². The summed E-state index contributed by atoms with van der Waals surface area (Å²) in [6.07, 6.45) is 2.90. The van der Waals surface area contributed by atoms with Crippen molar-refractivity contribution in [3.63, 3.8) is 0 Å². The van der Waals surface area contributed by atoms with Crippen LogP contribution < -0.4 is 10.6 Å². The number of furan rings is 1. The van der Waals surface area contributed by atoms with Gasteiger partial charge < -0.3 is 15.1 Å². The smallest absolute Gasteiger partial charge is 0.224 e. The Kier molecular flexibility index (Phi) is 7.21. The summed E-state index contributed by atoms with van der Waals surface area (Å²) in [7, 11) is 0. The predicted molar refractivity (Wildman–Crippen MR) is 111 cm³/mol. The number of hydrogen-bond donors (Lipinski definition) is 2. The molecule has 0 saturated carbocycles. The molecule has 0 atom stereocenters. The first-order valence-corrected chi connectivity index (χ1v) is 10.6. The normalized spacial score (nSPS) is 10.6. The molecule has 7 nitrogen and oxygen atoms in total. The van der Waals surface area contributed by atoms with Crippen LogP contribution in [0.3, 0.4) is 0 Å². The molecule has 0 fully saturated rings. The van der Waals surface area contributed by atoms with Gasteiger partial charge in [0.2, 0.25) is 11.0 Å². The quantitative estimate of drug-likeness (QED) is 0.372. The molecule has 0 bridgehead atoms. The highest BCUT2D eigenvalue weighted by Crippen LogP contribution is 2.26. The van der Waals surface area contributed by atoms with Crippen LogP contribution in [0.5, 0.6) is 0 Å². The molecular formula is C19H20N4O3S2. The van der Waals surface area contributed by atoms with Gasteiger partial charge in [-0.2, -0.15) is 0 Å². The Labute approximate surface area is 170 Å². The van der Waals surface area contributed by atoms with Crippen molar-refractivity contribution in [2.45, 2.75) is 30.6 Å². The number of nitrogens with zero attached hydrogens (tertiary/aromatic N) is 2. The fraction of sp³-hybridized carbons (Fsp3) is 0.263. The number of hydrogen-bond acceptors (Lipinski definition) is 8. The van der Waals surface area contributed by atoms with Gasteiger partial charge in [0.1, 0.15) is 5.76 Å². The number of carbonyl (C=O) groups is 2. The Balaban J connectivity index is 1.46. The third-order valence-electron chi connectivity index (χ3n) is 3.69. The van der Waals surface area contributed by atoms with E-state index < -0.39 is 0 Å². The summed E-state index contributed by atoms with van der Waals surface area (Å²) in [4.78, 5) is 24.0. The third-order valence-corrected chi connectivity index (χ3v) is 5.71. The van der Waals surface area contributed by atoms with Crippen LogP contribution in [0.25, 0.3) is 0 Å². The van der Waals surface area contributed by atoms with Gasteiger partial charge in [-0.15, -0.1) is 10.2 Å². The van der Waals surface area contributed by atoms with E-state index in [1.54, 1.807) is 30.5 Å². The maximum atomic E-state index is 12.4. The van der Waals surface area contributed by atoms with Gasteiger partial charge in [0.05, 0.1) is 18.6 Å². The number of nitrogens with one attached hydrogen (secondary N) is 2. The van der Waals surface area contributed by atoms with E-state index in [2.05, 4.69) is 20.8 Å². The second kappa shape index (κ2) is 10.0. The Morgan fingerprint density at radius 1 is 1.18 bits per heavy atom. The summed E-state index contributed by atoms with van der Waals surface area (Å²) >= 11 is 2.75. The second-order valence-corrected chi connectivity index (χ2v) is 8.09. The highest BCUT2D eigenvalue weighted by Gasteiger charge is 2.11. The van der Waals surface area contributed by atoms with E-state index in [1.807, 2.05) is 19.1 Å². The average molecular weight is 417 g/mol. The fourth-order valence-electron chi connectivity index (χ4n) is 2.32. The van der Waals surface area contributed by atoms with Crippen LogP contribution in [0.2, 0.25) is 0 Å². The second-order valence-electron chi connectivity index (χ2n) is 5.89. The fourth-order valence-corrected chi connectivity index (χ4v) is 3.96. The SMILES string of the molecule is CCCC(=O)Nc1ccc(C(=O)CSc2nnc(NCc3ccco3)s2)cc1. The summed E-state index contributed by atoms with van der Waals surface area (Å²) in [5.74, 6) is 1.06. The van der Waals surface area contributed by atoms with E-state index in [9.17, 15) is 9.59 Å². The number of carbonyl (C=O) groups excluding carboxylic acids is 2. The first kappa shape index (κ1) is 20.1. The Morgan fingerprint density at radius 3 is 2.71 bits per heavy atom. The number of amides is 1. The van der Waals surface area contributed by atoms with Crippen LogP contribution in [0, 0.1) is 0 Å². The van der Waals surface area contributed by atoms with E-state index in [1.165, 1.54) is 23.1 Å². The largest absolute Gasteiger partial charge is 0.467 e. The molecule has 28 heavy (non-hydrogen) atoms. The van der Waals surface area contributed by atoms with Crippen molar-refractivity contribution in [2.24, 2.45) is 0 Å². The molecule has 1 amide bonds. The monoisotopic (exact) mass is 416 g/mol. The number of Topliss-reactive ketones (excluding diaryl/α,β-unsaturated/α-hetero) is 1. The van der Waals surface area contributed by atoms with Crippen LogP contribution in [-0.4, -0.2) is 27.6 Å². The predicted octanol–water partition coefficient (Wildman–Crippen LogP) is 4.46. The van der Waals surface area contributed by atoms with Gasteiger partial charge in [-0.3, -0.25) is 9.59 Å². The van der Waals surface area contributed by atoms with Crippen LogP contribution in [-0.2, 0) is 11.3 Å². The molecule has 0 aliphatic carbocycles. The molecule has 0 aliphatic heterocycles. The lowest BCUT2D eigenvalue weighted by atomic mass is 10.1. The lowest BCUT2D eigenvalue weighted by Gasteiger charge is -2.05. The number of aromatic nitrogens is 2. The molecule has 2 N–H and O–H groups in total. The van der Waals surface area contributed by atoms with Gasteiger partial charge in [0, 0.05) is 17.7 Å². The first-order chi connectivity index (χ1) is 13.6. The van der Waals surface area contributed by atoms with Crippen LogP contribution in [0.4, 0.5) is 10.8 Å². The standard InChI is InChI=1S/C19H20N4O3S2/c1-2-4-17(25)21-14-8-6-13(7-9-14)16(24)12-27-19-23-22-18(28-19)20-11-15-5-3-10-26-15/h3,5-10H,2,4,11-12H2,1H3,(H,20,22)(H,21,25). The number of rotatable bonds is 10. The Hall–Kier alpha value is -2.65. The minimum Gasteiger partial charge on any atom is -0.467 e. The summed E-state index contributed by atoms with van der Waals surface area (Å²) in [6.45, 7) is 2.49. The molecule has 9 heteroatoms. The molecule has 0 aliphatic rings. The van der Waals surface area contributed by atoms with Crippen molar-refractivity contribution in [1.82, 2.24) is 10.2 Å². The molecule has 2 aromatic heterocycles. The molecule has 0 saturated heterocycles. The summed E-state index contributed by atoms with van der Waals surface area (Å²) in [6, 6.07) is 10.6. The molecule has 0 unspecified atom stereocenters. The van der Waals surface area contributed by atoms with E-state index in [0.717, 1.165) is 16.5 Å². The van der Waals surface area contributed by atoms with Crippen LogP contribution in [0.15, 0.2) is 51.4 Å². The van der Waals surface area contributed by atoms with Gasteiger partial charge in [-0.1, -0.05) is 30.0 Å². The molecule has 2 heterocycles. The lowest BCUT2D eigenvalue weighted by Crippen LogP contribution is -2.10. The Bertz CT molecular complexity index is 908. The van der Waals surface area contributed by atoms with Crippen molar-refractivity contribution in [2.75, 3.05) is 16.4 Å². The van der Waals surface area contributed by atoms with Gasteiger partial charge in [0.15, 0.2) is 10.1 Å². The molecule has 3 rings (SSSR count). The van der Waals surface area contributed by atoms with Crippen molar-refractivity contribution < 1.29 is 14.0 Å². The van der Waals surface area contributed by atoms with Gasteiger partial charge >= 0.3 is 0 Å². The zero-order valence-corrected chi connectivity index (χ0v) is 16.9. The highest BCUT2D eigenvalue weighted by atomic mass is 32.2. The molecule has 1 aromatic carbocycles. The van der Waals surface area contributed by atoms with Crippen molar-refractivity contribution in [3.8, 4) is 0 Å². The molecule has 0 spiro atoms. The third kappa shape index (κ3) is 5.93. The minimum absolute atomic E-state index is 0.00303. The summed E-state index contributed by atoms with van der Waals surface area (Å²) in [5, 5.41) is 14.8. The summed E-state index contributed by atoms with van der Waals surface area (Å²) in [5.41, 5.74) is 1.29. The zero-order valence-electron chi connectivity index (χ0n) is 15.3. The van der Waals surface area contributed by atoms with Crippen molar-refractivity contribution in [1.29, 1.82) is 0 Å². The van der Waals surface area contributed by atoms with Crippen LogP contribution in [0.1, 0.15) is 35.9 Å². The van der Waals surface area contributed by atoms with E-state index in [4.69, 9.17) is 4.42 Å². The molecule has 0 radical (unpaired) electrons. The number of ketones is 1. The number of benzene rings is 1. The number of thioether (sulfide) groups is 1. The average Bonchev–Trinajstić information content (AvgIpc) is 3.37. The summed E-state index contributed by atoms with van der Waals surface area (Å²) < 4.78 is 5.97. The van der Waals surface area contributed by atoms with Gasteiger partial charge in [-0.25, -0.2) is 0 Å². The topological polar surface area (TPSA) is 97.1 Å². The van der Waals surface area contributed by atoms with Gasteiger partial charge in [0.25, 0.3) is 0 Å². The minimum atomic E-state index is -0.0233. The maximum absolute atomic E-state index is 12.4. The van der Waals surface area contributed by atoms with E-state index in [0.29, 0.717) is 29.3 Å². The molecular weight excluding hydrogens is 396 g/mol.